The van der Waals surface area contributed by atoms with Crippen molar-refractivity contribution in [2.45, 2.75) is 58.4 Å². The molecule has 1 amide bonds. The number of carbonyl (C=O) groups is 2. The smallest absolute Gasteiger partial charge is 0.274 e. The maximum absolute atomic E-state index is 12.5. The second kappa shape index (κ2) is 11.3. The molecule has 1 aliphatic carbocycles. The summed E-state index contributed by atoms with van der Waals surface area (Å²) in [6.07, 6.45) is 3.06. The summed E-state index contributed by atoms with van der Waals surface area (Å²) in [7, 11) is 0. The molecule has 1 unspecified atom stereocenters. The van der Waals surface area contributed by atoms with E-state index < -0.39 is 31.9 Å². The Balaban J connectivity index is 0.000000803. The normalized spacial score (nSPS) is 18.2. The molecule has 0 aromatic heterocycles. The molecular formula is C22H30Cl3N3O4. The largest absolute Gasteiger partial charge is 0.276 e. The van der Waals surface area contributed by atoms with Crippen LogP contribution in [0.3, 0.4) is 0 Å². The third kappa shape index (κ3) is 7.59. The van der Waals surface area contributed by atoms with Crippen molar-refractivity contribution in [1.82, 2.24) is 5.01 Å². The van der Waals surface area contributed by atoms with Gasteiger partial charge in [0.25, 0.3) is 16.8 Å². The first kappa shape index (κ1) is 30.1. The van der Waals surface area contributed by atoms with Gasteiger partial charge >= 0.3 is 0 Å². The first-order chi connectivity index (χ1) is 14.0. The van der Waals surface area contributed by atoms with Crippen LogP contribution in [0.2, 0.25) is 0 Å². The molecule has 10 heteroatoms. The molecular weight excluding hydrogens is 477 g/mol. The quantitative estimate of drug-likeness (QED) is 0.146. The summed E-state index contributed by atoms with van der Waals surface area (Å²) in [6, 6.07) is 8.74. The van der Waals surface area contributed by atoms with Crippen LogP contribution >= 0.6 is 35.6 Å². The van der Waals surface area contributed by atoms with Gasteiger partial charge in [-0.2, -0.15) is 0 Å². The summed E-state index contributed by atoms with van der Waals surface area (Å²) >= 11 is 11.7. The molecule has 1 aromatic carbocycles. The average Bonchev–Trinajstić information content (AvgIpc) is 2.66. The molecule has 0 saturated carbocycles. The zero-order valence-electron chi connectivity index (χ0n) is 19.0. The van der Waals surface area contributed by atoms with Gasteiger partial charge in [-0.25, -0.2) is 5.84 Å². The molecule has 0 radical (unpaired) electrons. The van der Waals surface area contributed by atoms with Crippen LogP contribution in [0.4, 0.5) is 0 Å². The van der Waals surface area contributed by atoms with Crippen molar-refractivity contribution in [3.63, 3.8) is 0 Å². The maximum atomic E-state index is 12.5. The minimum absolute atomic E-state index is 0. The summed E-state index contributed by atoms with van der Waals surface area (Å²) in [4.78, 5) is 32.8. The average molecular weight is 507 g/mol. The van der Waals surface area contributed by atoms with E-state index in [4.69, 9.17) is 29.0 Å². The number of hydrogen-bond acceptors (Lipinski definition) is 5. The van der Waals surface area contributed by atoms with E-state index in [9.17, 15) is 19.7 Å². The monoisotopic (exact) mass is 505 g/mol. The Labute approximate surface area is 205 Å². The van der Waals surface area contributed by atoms with Gasteiger partial charge in [0.15, 0.2) is 0 Å². The highest BCUT2D eigenvalue weighted by molar-refractivity contribution is 6.67. The number of hydrogen-bond donors (Lipinski definition) is 1. The molecule has 1 aliphatic rings. The summed E-state index contributed by atoms with van der Waals surface area (Å²) in [5.74, 6) is 5.22. The third-order valence-electron chi connectivity index (χ3n) is 4.89. The number of carbonyl (C=O) groups excluding carboxylic acids is 2. The number of hydrazine groups is 1. The number of allylic oxidation sites excluding steroid dienone is 2. The number of nitro groups is 1. The molecule has 178 valence electrons. The third-order valence-corrected chi connectivity index (χ3v) is 5.93. The Bertz CT molecular complexity index is 903. The Morgan fingerprint density at radius 2 is 1.62 bits per heavy atom. The minimum Gasteiger partial charge on any atom is -0.276 e. The fourth-order valence-corrected chi connectivity index (χ4v) is 2.90. The molecule has 2 N–H and O–H groups in total. The predicted octanol–water partition coefficient (Wildman–Crippen LogP) is 5.49. The van der Waals surface area contributed by atoms with Gasteiger partial charge in [-0.05, 0) is 43.9 Å². The standard InChI is InChI=1S/C15H24ClN3O3.C7H5ClO.ClH/c1-13(2,3)15(16)8-7-10(11(9-15)19(21)22)12(20)18(17)14(4,5)6;8-7(9)6-4-2-1-3-5-6;/h7-8H,9,17H2,1-6H3;1-5H;1H. The van der Waals surface area contributed by atoms with Gasteiger partial charge < -0.3 is 0 Å². The van der Waals surface area contributed by atoms with Crippen LogP contribution < -0.4 is 5.84 Å². The predicted molar refractivity (Wildman–Crippen MR) is 130 cm³/mol. The molecule has 0 fully saturated rings. The molecule has 7 nitrogen and oxygen atoms in total. The van der Waals surface area contributed by atoms with Crippen molar-refractivity contribution in [2.75, 3.05) is 0 Å². The first-order valence-corrected chi connectivity index (χ1v) is 10.4. The topological polar surface area (TPSA) is 107 Å². The van der Waals surface area contributed by atoms with Gasteiger partial charge in [-0.1, -0.05) is 57.2 Å². The summed E-state index contributed by atoms with van der Waals surface area (Å²) in [6.45, 7) is 11.0. The molecule has 0 heterocycles. The highest BCUT2D eigenvalue weighted by Crippen LogP contribution is 2.45. The number of benzene rings is 1. The second-order valence-corrected chi connectivity index (χ2v) is 10.2. The van der Waals surface area contributed by atoms with E-state index in [1.165, 1.54) is 6.08 Å². The fraction of sp³-hybridized carbons (Fsp3) is 0.455. The Hall–Kier alpha value is -1.93. The van der Waals surface area contributed by atoms with Gasteiger partial charge in [0.1, 0.15) is 5.57 Å². The van der Waals surface area contributed by atoms with Gasteiger partial charge in [-0.15, -0.1) is 24.0 Å². The number of nitrogens with zero attached hydrogens (tertiary/aromatic N) is 2. The molecule has 1 atom stereocenters. The van der Waals surface area contributed by atoms with E-state index in [1.807, 2.05) is 26.8 Å². The molecule has 0 aliphatic heterocycles. The van der Waals surface area contributed by atoms with Crippen molar-refractivity contribution < 1.29 is 14.5 Å². The van der Waals surface area contributed by atoms with Crippen LogP contribution in [0.25, 0.3) is 0 Å². The van der Waals surface area contributed by atoms with Gasteiger partial charge in [-0.3, -0.25) is 24.7 Å². The van der Waals surface area contributed by atoms with Gasteiger partial charge in [0.05, 0.1) is 21.8 Å². The van der Waals surface area contributed by atoms with Crippen LogP contribution in [0, 0.1) is 15.5 Å². The van der Waals surface area contributed by atoms with Crippen molar-refractivity contribution in [3.05, 3.63) is 69.4 Å². The Kier molecular flexibility index (Phi) is 10.6. The van der Waals surface area contributed by atoms with E-state index in [1.54, 1.807) is 51.1 Å². The van der Waals surface area contributed by atoms with Crippen molar-refractivity contribution in [3.8, 4) is 0 Å². The number of alkyl halides is 1. The lowest BCUT2D eigenvalue weighted by Gasteiger charge is -2.38. The number of nitrogens with two attached hydrogens (primary N) is 1. The van der Waals surface area contributed by atoms with Crippen molar-refractivity contribution >= 4 is 46.8 Å². The molecule has 0 bridgehead atoms. The van der Waals surface area contributed by atoms with E-state index >= 15 is 0 Å². The van der Waals surface area contributed by atoms with Crippen LogP contribution in [-0.2, 0) is 4.79 Å². The van der Waals surface area contributed by atoms with E-state index in [2.05, 4.69) is 0 Å². The first-order valence-electron chi connectivity index (χ1n) is 9.61. The van der Waals surface area contributed by atoms with Crippen LogP contribution in [0.15, 0.2) is 53.8 Å². The van der Waals surface area contributed by atoms with E-state index in [0.29, 0.717) is 5.56 Å². The van der Waals surface area contributed by atoms with Gasteiger partial charge in [0.2, 0.25) is 0 Å². The molecule has 0 saturated heterocycles. The highest BCUT2D eigenvalue weighted by atomic mass is 35.5. The fourth-order valence-electron chi connectivity index (χ4n) is 2.59. The molecule has 1 aromatic rings. The minimum atomic E-state index is -0.916. The lowest BCUT2D eigenvalue weighted by Crippen LogP contribution is -2.51. The van der Waals surface area contributed by atoms with Gasteiger partial charge in [0, 0.05) is 5.56 Å². The van der Waals surface area contributed by atoms with Crippen LogP contribution in [0.1, 0.15) is 58.3 Å². The number of halogens is 3. The zero-order chi connectivity index (χ0) is 24.2. The molecule has 2 rings (SSSR count). The SMILES string of the molecule is CC(C)(C)N(N)C(=O)C1=C([N+](=O)[O-])CC(Cl)(C(C)(C)C)C=C1.Cl.O=C(Cl)c1ccccc1. The Morgan fingerprint density at radius 3 is 1.97 bits per heavy atom. The van der Waals surface area contributed by atoms with E-state index in [0.717, 1.165) is 5.01 Å². The van der Waals surface area contributed by atoms with Crippen LogP contribution in [0.5, 0.6) is 0 Å². The van der Waals surface area contributed by atoms with Crippen molar-refractivity contribution in [1.29, 1.82) is 0 Å². The summed E-state index contributed by atoms with van der Waals surface area (Å²) in [5, 5.41) is 12.0. The summed E-state index contributed by atoms with van der Waals surface area (Å²) in [5.41, 5.74) is -0.703. The molecule has 32 heavy (non-hydrogen) atoms. The lowest BCUT2D eigenvalue weighted by atomic mass is 9.74. The second-order valence-electron chi connectivity index (χ2n) is 9.23. The number of rotatable bonds is 3. The zero-order valence-corrected chi connectivity index (χ0v) is 21.3. The Morgan fingerprint density at radius 1 is 1.12 bits per heavy atom. The van der Waals surface area contributed by atoms with Crippen molar-refractivity contribution in [2.24, 2.45) is 11.3 Å². The van der Waals surface area contributed by atoms with Crippen LogP contribution in [-0.4, -0.2) is 31.5 Å². The number of amides is 1. The lowest BCUT2D eigenvalue weighted by molar-refractivity contribution is -0.429. The van der Waals surface area contributed by atoms with E-state index in [-0.39, 0.29) is 30.1 Å². The maximum Gasteiger partial charge on any atom is 0.274 e. The molecule has 0 spiro atoms. The highest BCUT2D eigenvalue weighted by Gasteiger charge is 2.46. The summed E-state index contributed by atoms with van der Waals surface area (Å²) < 4.78 is 0.